The summed E-state index contributed by atoms with van der Waals surface area (Å²) < 4.78 is 13.5. The number of halogens is 1. The summed E-state index contributed by atoms with van der Waals surface area (Å²) >= 11 is 0. The number of nitrogen functional groups attached to an aromatic ring is 1. The molecule has 4 rings (SSSR count). The molecule has 0 amide bonds. The van der Waals surface area contributed by atoms with Crippen LogP contribution in [-0.2, 0) is 6.42 Å². The quantitative estimate of drug-likeness (QED) is 0.586. The highest BCUT2D eigenvalue weighted by Gasteiger charge is 2.25. The molecule has 2 heterocycles. The van der Waals surface area contributed by atoms with Crippen molar-refractivity contribution < 1.29 is 4.39 Å². The second kappa shape index (κ2) is 8.95. The Morgan fingerprint density at radius 3 is 2.83 bits per heavy atom. The summed E-state index contributed by atoms with van der Waals surface area (Å²) in [5.41, 5.74) is 7.51. The number of nitrogens with zero attached hydrogens (tertiary/aromatic N) is 3. The fraction of sp³-hybridized carbons (Fsp3) is 0.545. The Hall–Kier alpha value is -2.41. The van der Waals surface area contributed by atoms with Crippen molar-refractivity contribution in [1.29, 1.82) is 0 Å². The van der Waals surface area contributed by atoms with Gasteiger partial charge in [0.05, 0.1) is 5.69 Å². The summed E-state index contributed by atoms with van der Waals surface area (Å²) in [7, 11) is 0. The second-order valence-electron chi connectivity index (χ2n) is 8.29. The van der Waals surface area contributed by atoms with Crippen LogP contribution in [0, 0.1) is 11.7 Å². The van der Waals surface area contributed by atoms with Crippen molar-refractivity contribution in [2.45, 2.75) is 51.5 Å². The van der Waals surface area contributed by atoms with Crippen LogP contribution >= 0.6 is 0 Å². The maximum absolute atomic E-state index is 13.5. The molecule has 0 bridgehead atoms. The Bertz CT molecular complexity index is 838. The molecule has 7 heteroatoms. The van der Waals surface area contributed by atoms with E-state index in [4.69, 9.17) is 10.7 Å². The Morgan fingerprint density at radius 2 is 2.07 bits per heavy atom. The van der Waals surface area contributed by atoms with Crippen molar-refractivity contribution in [2.24, 2.45) is 5.92 Å². The molecule has 2 aliphatic rings. The van der Waals surface area contributed by atoms with Gasteiger partial charge in [-0.15, -0.1) is 0 Å². The number of rotatable bonds is 8. The first-order chi connectivity index (χ1) is 14.1. The normalized spacial score (nSPS) is 19.4. The van der Waals surface area contributed by atoms with Gasteiger partial charge >= 0.3 is 0 Å². The number of nitrogens with one attached hydrogen (secondary N) is 2. The van der Waals surface area contributed by atoms with E-state index in [1.165, 1.54) is 25.3 Å². The van der Waals surface area contributed by atoms with E-state index in [1.54, 1.807) is 12.1 Å². The van der Waals surface area contributed by atoms with E-state index >= 15 is 0 Å². The lowest BCUT2D eigenvalue weighted by Crippen LogP contribution is -2.46. The molecule has 1 atom stereocenters. The zero-order chi connectivity index (χ0) is 20.2. The fourth-order valence-electron chi connectivity index (χ4n) is 3.84. The van der Waals surface area contributed by atoms with Gasteiger partial charge in [-0.25, -0.2) is 9.37 Å². The molecule has 6 nitrogen and oxygen atoms in total. The number of hydrogen-bond donors (Lipinski definition) is 3. The third kappa shape index (κ3) is 5.35. The standard InChI is InChI=1S/C22H31FN6/c1-2-4-16-12-21(29-10-3-5-18(14-29)25-13-15-6-7-15)28-22(26-16)27-17-8-9-19(23)20(24)11-17/h8-9,11-12,15,18,25H,2-7,10,13-14,24H2,1H3,(H,26,27,28). The molecule has 1 aromatic heterocycles. The van der Waals surface area contributed by atoms with Crippen molar-refractivity contribution in [3.05, 3.63) is 35.8 Å². The molecule has 156 valence electrons. The summed E-state index contributed by atoms with van der Waals surface area (Å²) in [5, 5.41) is 6.94. The third-order valence-corrected chi connectivity index (χ3v) is 5.66. The van der Waals surface area contributed by atoms with Gasteiger partial charge in [0.1, 0.15) is 11.6 Å². The van der Waals surface area contributed by atoms with Crippen LogP contribution in [0.25, 0.3) is 0 Å². The summed E-state index contributed by atoms with van der Waals surface area (Å²) in [6, 6.07) is 7.21. The Labute approximate surface area is 172 Å². The van der Waals surface area contributed by atoms with E-state index in [9.17, 15) is 4.39 Å². The highest BCUT2D eigenvalue weighted by atomic mass is 19.1. The van der Waals surface area contributed by atoms with Crippen molar-refractivity contribution in [1.82, 2.24) is 15.3 Å². The number of anilines is 4. The first-order valence-corrected chi connectivity index (χ1v) is 10.8. The summed E-state index contributed by atoms with van der Waals surface area (Å²) in [4.78, 5) is 11.8. The van der Waals surface area contributed by atoms with E-state index in [2.05, 4.69) is 33.5 Å². The van der Waals surface area contributed by atoms with Crippen LogP contribution in [0.15, 0.2) is 24.3 Å². The molecule has 2 fully saturated rings. The van der Waals surface area contributed by atoms with Crippen molar-refractivity contribution in [3.8, 4) is 0 Å². The molecule has 1 aliphatic carbocycles. The number of aromatic nitrogens is 2. The molecule has 1 unspecified atom stereocenters. The van der Waals surface area contributed by atoms with E-state index in [1.807, 2.05) is 0 Å². The molecule has 1 saturated heterocycles. The number of nitrogens with two attached hydrogens (primary N) is 1. The molecule has 4 N–H and O–H groups in total. The minimum absolute atomic E-state index is 0.112. The van der Waals surface area contributed by atoms with Crippen LogP contribution in [0.1, 0.15) is 44.7 Å². The fourth-order valence-corrected chi connectivity index (χ4v) is 3.84. The van der Waals surface area contributed by atoms with Gasteiger partial charge in [0.25, 0.3) is 0 Å². The Kier molecular flexibility index (Phi) is 6.13. The van der Waals surface area contributed by atoms with E-state index < -0.39 is 5.82 Å². The zero-order valence-corrected chi connectivity index (χ0v) is 17.1. The topological polar surface area (TPSA) is 79.1 Å². The van der Waals surface area contributed by atoms with Gasteiger partial charge in [-0.2, -0.15) is 4.98 Å². The van der Waals surface area contributed by atoms with Crippen LogP contribution in [0.2, 0.25) is 0 Å². The number of hydrogen-bond acceptors (Lipinski definition) is 6. The van der Waals surface area contributed by atoms with Crippen molar-refractivity contribution in [2.75, 3.05) is 35.6 Å². The first kappa shape index (κ1) is 19.9. The first-order valence-electron chi connectivity index (χ1n) is 10.8. The maximum Gasteiger partial charge on any atom is 0.229 e. The summed E-state index contributed by atoms with van der Waals surface area (Å²) in [5.74, 6) is 1.96. The maximum atomic E-state index is 13.5. The van der Waals surface area contributed by atoms with Crippen molar-refractivity contribution in [3.63, 3.8) is 0 Å². The molecule has 0 spiro atoms. The zero-order valence-electron chi connectivity index (χ0n) is 17.1. The lowest BCUT2D eigenvalue weighted by atomic mass is 10.1. The Balaban J connectivity index is 1.51. The van der Waals surface area contributed by atoms with Crippen LogP contribution in [0.5, 0.6) is 0 Å². The average molecular weight is 399 g/mol. The second-order valence-corrected chi connectivity index (χ2v) is 8.29. The Morgan fingerprint density at radius 1 is 1.21 bits per heavy atom. The van der Waals surface area contributed by atoms with Gasteiger partial charge < -0.3 is 21.3 Å². The molecule has 1 saturated carbocycles. The van der Waals surface area contributed by atoms with E-state index in [0.29, 0.717) is 17.7 Å². The van der Waals surface area contributed by atoms with E-state index in [0.717, 1.165) is 56.3 Å². The van der Waals surface area contributed by atoms with Crippen LogP contribution < -0.4 is 21.3 Å². The number of piperidine rings is 1. The molecule has 1 aliphatic heterocycles. The van der Waals surface area contributed by atoms with Crippen LogP contribution in [0.3, 0.4) is 0 Å². The molecule has 0 radical (unpaired) electrons. The largest absolute Gasteiger partial charge is 0.396 e. The van der Waals surface area contributed by atoms with Gasteiger partial charge in [0.2, 0.25) is 5.95 Å². The average Bonchev–Trinajstić information content (AvgIpc) is 3.54. The predicted octanol–water partition coefficient (Wildman–Crippen LogP) is 3.86. The molecule has 29 heavy (non-hydrogen) atoms. The van der Waals surface area contributed by atoms with Gasteiger partial charge in [-0.05, 0) is 62.8 Å². The van der Waals surface area contributed by atoms with Crippen LogP contribution in [-0.4, -0.2) is 35.6 Å². The lowest BCUT2D eigenvalue weighted by Gasteiger charge is -2.34. The monoisotopic (exact) mass is 398 g/mol. The van der Waals surface area contributed by atoms with Gasteiger partial charge in [0.15, 0.2) is 0 Å². The molecular formula is C22H31FN6. The molecule has 2 aromatic rings. The summed E-state index contributed by atoms with van der Waals surface area (Å²) in [6.45, 7) is 5.27. The highest BCUT2D eigenvalue weighted by molar-refractivity contribution is 5.61. The van der Waals surface area contributed by atoms with Gasteiger partial charge in [-0.1, -0.05) is 13.3 Å². The van der Waals surface area contributed by atoms with Crippen LogP contribution in [0.4, 0.5) is 27.5 Å². The summed E-state index contributed by atoms with van der Waals surface area (Å²) in [6.07, 6.45) is 7.04. The van der Waals surface area contributed by atoms with E-state index in [-0.39, 0.29) is 5.69 Å². The van der Waals surface area contributed by atoms with Gasteiger partial charge in [0, 0.05) is 36.6 Å². The minimum Gasteiger partial charge on any atom is -0.396 e. The smallest absolute Gasteiger partial charge is 0.229 e. The molecule has 1 aromatic carbocycles. The molecular weight excluding hydrogens is 367 g/mol. The highest BCUT2D eigenvalue weighted by Crippen LogP contribution is 2.28. The lowest BCUT2D eigenvalue weighted by molar-refractivity contribution is 0.414. The minimum atomic E-state index is -0.421. The number of aryl methyl sites for hydroxylation is 1. The third-order valence-electron chi connectivity index (χ3n) is 5.66. The predicted molar refractivity (Wildman–Crippen MR) is 116 cm³/mol. The van der Waals surface area contributed by atoms with Gasteiger partial charge in [-0.3, -0.25) is 0 Å². The number of benzene rings is 1. The van der Waals surface area contributed by atoms with Crippen molar-refractivity contribution >= 4 is 23.1 Å². The SMILES string of the molecule is CCCc1cc(N2CCCC(NCC3CC3)C2)nc(Nc2ccc(F)c(N)c2)n1.